The van der Waals surface area contributed by atoms with E-state index in [4.69, 9.17) is 0 Å². The van der Waals surface area contributed by atoms with Crippen LogP contribution in [0.5, 0.6) is 0 Å². The van der Waals surface area contributed by atoms with Gasteiger partial charge in [0.2, 0.25) is 5.91 Å². The molecule has 0 aromatic rings. The first-order valence-corrected chi connectivity index (χ1v) is 8.38. The molecule has 0 bridgehead atoms. The molecule has 2 heteroatoms. The molecule has 1 heterocycles. The maximum absolute atomic E-state index is 13.2. The van der Waals surface area contributed by atoms with Gasteiger partial charge in [-0.05, 0) is 56.3 Å². The Bertz CT molecular complexity index is 366. The third-order valence-corrected chi connectivity index (χ3v) is 6.14. The normalized spacial score (nSPS) is 45.7. The van der Waals surface area contributed by atoms with E-state index in [0.29, 0.717) is 23.8 Å². The lowest BCUT2D eigenvalue weighted by molar-refractivity contribution is -0.144. The van der Waals surface area contributed by atoms with Crippen molar-refractivity contribution >= 4 is 5.91 Å². The lowest BCUT2D eigenvalue weighted by Crippen LogP contribution is -2.46. The number of rotatable bonds is 2. The van der Waals surface area contributed by atoms with Gasteiger partial charge in [0.1, 0.15) is 0 Å². The molecule has 0 aromatic heterocycles. The Balaban J connectivity index is 1.83. The van der Waals surface area contributed by atoms with Gasteiger partial charge in [-0.3, -0.25) is 4.79 Å². The Kier molecular flexibility index (Phi) is 3.39. The molecule has 0 aromatic carbocycles. The van der Waals surface area contributed by atoms with Crippen LogP contribution in [0.4, 0.5) is 0 Å². The highest BCUT2D eigenvalue weighted by Gasteiger charge is 2.56. The first-order chi connectivity index (χ1) is 9.06. The fourth-order valence-corrected chi connectivity index (χ4v) is 5.39. The molecule has 3 rings (SSSR count). The first-order valence-electron chi connectivity index (χ1n) is 8.38. The van der Waals surface area contributed by atoms with Crippen molar-refractivity contribution in [1.29, 1.82) is 0 Å². The van der Waals surface area contributed by atoms with Gasteiger partial charge in [0.15, 0.2) is 0 Å². The van der Waals surface area contributed by atoms with Crippen molar-refractivity contribution < 1.29 is 4.79 Å². The second kappa shape index (κ2) is 4.79. The number of hydrogen-bond acceptors (Lipinski definition) is 1. The van der Waals surface area contributed by atoms with Crippen LogP contribution in [0, 0.1) is 23.2 Å². The van der Waals surface area contributed by atoms with Crippen LogP contribution in [0.25, 0.3) is 0 Å². The number of hydrogen-bond donors (Lipinski definition) is 0. The third kappa shape index (κ3) is 2.02. The SMILES string of the molecule is CC[C@H]1C[C@@H](C)CN1C(=O)[C@@]12CCCC1C[C@@H](C)C2. The lowest BCUT2D eigenvalue weighted by Gasteiger charge is -2.36. The van der Waals surface area contributed by atoms with Crippen LogP contribution in [-0.2, 0) is 4.79 Å². The summed E-state index contributed by atoms with van der Waals surface area (Å²) < 4.78 is 0. The van der Waals surface area contributed by atoms with Crippen LogP contribution in [0.1, 0.15) is 65.7 Å². The quantitative estimate of drug-likeness (QED) is 0.741. The molecule has 5 atom stereocenters. The molecule has 1 aliphatic heterocycles. The van der Waals surface area contributed by atoms with Crippen molar-refractivity contribution in [3.05, 3.63) is 0 Å². The molecule has 3 fully saturated rings. The van der Waals surface area contributed by atoms with E-state index in [9.17, 15) is 4.79 Å². The summed E-state index contributed by atoms with van der Waals surface area (Å²) in [6.07, 6.45) is 8.57. The van der Waals surface area contributed by atoms with E-state index in [-0.39, 0.29) is 5.41 Å². The number of carbonyl (C=O) groups is 1. The highest BCUT2D eigenvalue weighted by Crippen LogP contribution is 2.57. The Morgan fingerprint density at radius 3 is 2.79 bits per heavy atom. The van der Waals surface area contributed by atoms with Crippen LogP contribution in [0.2, 0.25) is 0 Å². The van der Waals surface area contributed by atoms with Gasteiger partial charge in [-0.2, -0.15) is 0 Å². The van der Waals surface area contributed by atoms with Gasteiger partial charge >= 0.3 is 0 Å². The minimum atomic E-state index is 0.0525. The lowest BCUT2D eigenvalue weighted by atomic mass is 9.78. The minimum absolute atomic E-state index is 0.0525. The predicted molar refractivity (Wildman–Crippen MR) is 77.7 cm³/mol. The maximum atomic E-state index is 13.2. The number of fused-ring (bicyclic) bond motifs is 1. The Hall–Kier alpha value is -0.530. The third-order valence-electron chi connectivity index (χ3n) is 6.14. The number of amides is 1. The summed E-state index contributed by atoms with van der Waals surface area (Å²) in [6, 6.07) is 0.522. The van der Waals surface area contributed by atoms with Crippen LogP contribution in [-0.4, -0.2) is 23.4 Å². The fourth-order valence-electron chi connectivity index (χ4n) is 5.39. The fraction of sp³-hybridized carbons (Fsp3) is 0.941. The summed E-state index contributed by atoms with van der Waals surface area (Å²) in [5.41, 5.74) is 0.0525. The first kappa shape index (κ1) is 13.5. The summed E-state index contributed by atoms with van der Waals surface area (Å²) in [5.74, 6) is 2.69. The van der Waals surface area contributed by atoms with E-state index in [0.717, 1.165) is 25.3 Å². The van der Waals surface area contributed by atoms with Gasteiger partial charge in [0.05, 0.1) is 5.41 Å². The van der Waals surface area contributed by atoms with Gasteiger partial charge in [0, 0.05) is 12.6 Å². The Labute approximate surface area is 117 Å². The molecule has 0 N–H and O–H groups in total. The second-order valence-electron chi connectivity index (χ2n) is 7.65. The highest BCUT2D eigenvalue weighted by atomic mass is 16.2. The number of nitrogens with zero attached hydrogens (tertiary/aromatic N) is 1. The zero-order valence-corrected chi connectivity index (χ0v) is 12.8. The van der Waals surface area contributed by atoms with E-state index in [2.05, 4.69) is 25.7 Å². The summed E-state index contributed by atoms with van der Waals surface area (Å²) in [7, 11) is 0. The zero-order chi connectivity index (χ0) is 13.6. The molecule has 19 heavy (non-hydrogen) atoms. The second-order valence-corrected chi connectivity index (χ2v) is 7.65. The molecule has 3 aliphatic rings. The average Bonchev–Trinajstić information content (AvgIpc) is 2.99. The molecule has 2 nitrogen and oxygen atoms in total. The summed E-state index contributed by atoms with van der Waals surface area (Å²) in [5, 5.41) is 0. The van der Waals surface area contributed by atoms with Gasteiger partial charge in [-0.15, -0.1) is 0 Å². The molecule has 1 unspecified atom stereocenters. The molecular formula is C17H29NO. The van der Waals surface area contributed by atoms with Gasteiger partial charge in [-0.1, -0.05) is 27.2 Å². The van der Waals surface area contributed by atoms with Gasteiger partial charge < -0.3 is 4.90 Å². The number of carbonyl (C=O) groups excluding carboxylic acids is 1. The topological polar surface area (TPSA) is 20.3 Å². The van der Waals surface area contributed by atoms with Crippen molar-refractivity contribution in [2.45, 2.75) is 71.8 Å². The molecule has 1 amide bonds. The van der Waals surface area contributed by atoms with E-state index < -0.39 is 0 Å². The van der Waals surface area contributed by atoms with Crippen LogP contribution in [0.15, 0.2) is 0 Å². The smallest absolute Gasteiger partial charge is 0.229 e. The summed E-state index contributed by atoms with van der Waals surface area (Å²) in [4.78, 5) is 15.5. The molecule has 2 aliphatic carbocycles. The molecule has 108 valence electrons. The largest absolute Gasteiger partial charge is 0.339 e. The van der Waals surface area contributed by atoms with Crippen molar-refractivity contribution in [3.63, 3.8) is 0 Å². The predicted octanol–water partition coefficient (Wildman–Crippen LogP) is 3.85. The van der Waals surface area contributed by atoms with E-state index >= 15 is 0 Å². The molecular weight excluding hydrogens is 234 g/mol. The monoisotopic (exact) mass is 263 g/mol. The molecule has 0 radical (unpaired) electrons. The standard InChI is InChI=1S/C17H29NO/c1-4-15-9-13(3)11-18(15)16(19)17-7-5-6-14(17)8-12(2)10-17/h12-15H,4-11H2,1-3H3/t12-,13-,14?,15+,17-/m1/s1. The molecule has 2 saturated carbocycles. The molecule has 0 spiro atoms. The van der Waals surface area contributed by atoms with E-state index in [1.165, 1.54) is 32.1 Å². The molecule has 1 saturated heterocycles. The Morgan fingerprint density at radius 1 is 1.26 bits per heavy atom. The van der Waals surface area contributed by atoms with Crippen LogP contribution < -0.4 is 0 Å². The van der Waals surface area contributed by atoms with Crippen LogP contribution >= 0.6 is 0 Å². The van der Waals surface area contributed by atoms with Gasteiger partial charge in [0.25, 0.3) is 0 Å². The summed E-state index contributed by atoms with van der Waals surface area (Å²) >= 11 is 0. The average molecular weight is 263 g/mol. The summed E-state index contributed by atoms with van der Waals surface area (Å²) in [6.45, 7) is 7.90. The van der Waals surface area contributed by atoms with E-state index in [1.807, 2.05) is 0 Å². The minimum Gasteiger partial charge on any atom is -0.339 e. The van der Waals surface area contributed by atoms with Crippen molar-refractivity contribution in [2.24, 2.45) is 23.2 Å². The van der Waals surface area contributed by atoms with Crippen molar-refractivity contribution in [2.75, 3.05) is 6.54 Å². The zero-order valence-electron chi connectivity index (χ0n) is 12.8. The maximum Gasteiger partial charge on any atom is 0.229 e. The van der Waals surface area contributed by atoms with E-state index in [1.54, 1.807) is 0 Å². The van der Waals surface area contributed by atoms with Crippen molar-refractivity contribution in [3.8, 4) is 0 Å². The number of likely N-dealkylation sites (tertiary alicyclic amines) is 1. The van der Waals surface area contributed by atoms with Crippen LogP contribution in [0.3, 0.4) is 0 Å². The van der Waals surface area contributed by atoms with Gasteiger partial charge in [-0.25, -0.2) is 0 Å². The van der Waals surface area contributed by atoms with Crippen molar-refractivity contribution in [1.82, 2.24) is 4.90 Å². The Morgan fingerprint density at radius 2 is 2.05 bits per heavy atom. The highest BCUT2D eigenvalue weighted by molar-refractivity contribution is 5.84.